The van der Waals surface area contributed by atoms with Crippen molar-refractivity contribution >= 4 is 11.8 Å². The largest absolute Gasteiger partial charge is 0.384 e. The zero-order valence-corrected chi connectivity index (χ0v) is 17.1. The van der Waals surface area contributed by atoms with Gasteiger partial charge in [0.15, 0.2) is 0 Å². The molecule has 4 rings (SSSR count). The van der Waals surface area contributed by atoms with Gasteiger partial charge in [-0.3, -0.25) is 14.6 Å². The van der Waals surface area contributed by atoms with Gasteiger partial charge in [-0.2, -0.15) is 0 Å². The topological polar surface area (TPSA) is 65.5 Å². The van der Waals surface area contributed by atoms with Crippen LogP contribution in [0.2, 0.25) is 0 Å². The first-order valence-electron chi connectivity index (χ1n) is 9.91. The van der Waals surface area contributed by atoms with Crippen molar-refractivity contribution in [1.29, 1.82) is 0 Å². The molecular formula is C23H26N4O2. The van der Waals surface area contributed by atoms with Crippen molar-refractivity contribution < 1.29 is 9.59 Å². The minimum absolute atomic E-state index is 0.00808. The number of aromatic nitrogens is 1. The molecule has 2 aromatic rings. The van der Waals surface area contributed by atoms with E-state index in [4.69, 9.17) is 0 Å². The normalized spacial score (nSPS) is 20.9. The van der Waals surface area contributed by atoms with Crippen LogP contribution in [0.1, 0.15) is 31.0 Å². The van der Waals surface area contributed by atoms with Crippen LogP contribution in [0.4, 0.5) is 0 Å². The number of rotatable bonds is 3. The van der Waals surface area contributed by atoms with Crippen LogP contribution in [0.15, 0.2) is 66.1 Å². The number of carbonyl (C=O) groups is 2. The first-order chi connectivity index (χ1) is 13.9. The van der Waals surface area contributed by atoms with Crippen molar-refractivity contribution in [2.75, 3.05) is 20.1 Å². The Balaban J connectivity index is 1.79. The van der Waals surface area contributed by atoms with E-state index in [0.717, 1.165) is 16.8 Å². The highest BCUT2D eigenvalue weighted by atomic mass is 16.2. The molecule has 29 heavy (non-hydrogen) atoms. The molecule has 1 N–H and O–H groups in total. The van der Waals surface area contributed by atoms with E-state index in [1.165, 1.54) is 0 Å². The number of amides is 2. The molecule has 0 bridgehead atoms. The van der Waals surface area contributed by atoms with Crippen LogP contribution in [0.5, 0.6) is 0 Å². The summed E-state index contributed by atoms with van der Waals surface area (Å²) >= 11 is 0. The van der Waals surface area contributed by atoms with E-state index in [1.807, 2.05) is 68.3 Å². The monoisotopic (exact) mass is 390 g/mol. The molecule has 2 aliphatic rings. The molecule has 0 saturated heterocycles. The number of benzene rings is 1. The lowest BCUT2D eigenvalue weighted by Gasteiger charge is -2.33. The van der Waals surface area contributed by atoms with Crippen LogP contribution >= 0.6 is 0 Å². The number of pyridine rings is 1. The second-order valence-corrected chi connectivity index (χ2v) is 8.07. The third kappa shape index (κ3) is 3.28. The van der Waals surface area contributed by atoms with Gasteiger partial charge in [0.25, 0.3) is 5.91 Å². The summed E-state index contributed by atoms with van der Waals surface area (Å²) in [6.45, 7) is 5.20. The molecule has 6 heteroatoms. The standard InChI is InChI=1S/C23H26N4O2/c1-23(2)21-19(22(29)26(23)3)20(17-9-11-24-12-10-17)27(14-13-25-21)18(28)15-16-7-5-4-6-8-16/h4-12,20,25H,13-15H2,1-3H3. The van der Waals surface area contributed by atoms with Gasteiger partial charge in [0, 0.05) is 38.2 Å². The molecule has 1 aromatic heterocycles. The molecule has 2 amide bonds. The second kappa shape index (κ2) is 7.35. The molecule has 2 aliphatic heterocycles. The summed E-state index contributed by atoms with van der Waals surface area (Å²) in [6.07, 6.45) is 3.72. The fraction of sp³-hybridized carbons (Fsp3) is 0.348. The van der Waals surface area contributed by atoms with E-state index >= 15 is 0 Å². The summed E-state index contributed by atoms with van der Waals surface area (Å²) in [6, 6.07) is 13.1. The van der Waals surface area contributed by atoms with Gasteiger partial charge in [-0.15, -0.1) is 0 Å². The average molecular weight is 390 g/mol. The van der Waals surface area contributed by atoms with Gasteiger partial charge in [0.2, 0.25) is 5.91 Å². The summed E-state index contributed by atoms with van der Waals surface area (Å²) in [7, 11) is 1.82. The fourth-order valence-electron chi connectivity index (χ4n) is 4.22. The molecule has 3 heterocycles. The van der Waals surface area contributed by atoms with Crippen LogP contribution in [-0.4, -0.2) is 52.3 Å². The van der Waals surface area contributed by atoms with Crippen molar-refractivity contribution in [2.45, 2.75) is 31.8 Å². The fourth-order valence-corrected chi connectivity index (χ4v) is 4.22. The minimum Gasteiger partial charge on any atom is -0.384 e. The van der Waals surface area contributed by atoms with E-state index in [9.17, 15) is 9.59 Å². The third-order valence-electron chi connectivity index (χ3n) is 6.03. The molecule has 0 spiro atoms. The van der Waals surface area contributed by atoms with E-state index in [1.54, 1.807) is 17.3 Å². The van der Waals surface area contributed by atoms with Crippen molar-refractivity contribution in [3.8, 4) is 0 Å². The van der Waals surface area contributed by atoms with Gasteiger partial charge in [0.05, 0.1) is 23.6 Å². The minimum atomic E-state index is -0.448. The molecular weight excluding hydrogens is 364 g/mol. The molecule has 1 aromatic carbocycles. The Morgan fingerprint density at radius 3 is 2.55 bits per heavy atom. The number of hydrogen-bond acceptors (Lipinski definition) is 4. The summed E-state index contributed by atoms with van der Waals surface area (Å²) in [5.74, 6) is -0.0348. The molecule has 0 radical (unpaired) electrons. The zero-order chi connectivity index (χ0) is 20.6. The molecule has 6 nitrogen and oxygen atoms in total. The predicted molar refractivity (Wildman–Crippen MR) is 111 cm³/mol. The molecule has 1 atom stereocenters. The lowest BCUT2D eigenvalue weighted by Crippen LogP contribution is -2.46. The Labute approximate surface area is 171 Å². The molecule has 1 unspecified atom stereocenters. The first kappa shape index (κ1) is 19.2. The van der Waals surface area contributed by atoms with Gasteiger partial charge in [-0.1, -0.05) is 30.3 Å². The van der Waals surface area contributed by atoms with Gasteiger partial charge in [-0.25, -0.2) is 0 Å². The average Bonchev–Trinajstić information content (AvgIpc) is 2.88. The Kier molecular flexibility index (Phi) is 4.86. The quantitative estimate of drug-likeness (QED) is 0.873. The van der Waals surface area contributed by atoms with Gasteiger partial charge < -0.3 is 15.1 Å². The maximum absolute atomic E-state index is 13.4. The van der Waals surface area contributed by atoms with Crippen molar-refractivity contribution in [3.63, 3.8) is 0 Å². The summed E-state index contributed by atoms with van der Waals surface area (Å²) < 4.78 is 0. The number of nitrogens with one attached hydrogen (secondary N) is 1. The van der Waals surface area contributed by atoms with E-state index in [-0.39, 0.29) is 11.8 Å². The van der Waals surface area contributed by atoms with E-state index < -0.39 is 11.6 Å². The Hall–Kier alpha value is -3.15. The van der Waals surface area contributed by atoms with Gasteiger partial charge >= 0.3 is 0 Å². The SMILES string of the molecule is CN1C(=O)C2=C(NCCN(C(=O)Cc3ccccc3)C2c2ccncc2)C1(C)C. The molecule has 0 fully saturated rings. The summed E-state index contributed by atoms with van der Waals surface area (Å²) in [5, 5.41) is 3.45. The third-order valence-corrected chi connectivity index (χ3v) is 6.03. The number of likely N-dealkylation sites (N-methyl/N-ethyl adjacent to an activating group) is 1. The maximum atomic E-state index is 13.4. The zero-order valence-electron chi connectivity index (χ0n) is 17.1. The molecule has 150 valence electrons. The number of nitrogens with zero attached hydrogens (tertiary/aromatic N) is 3. The highest BCUT2D eigenvalue weighted by molar-refractivity contribution is 6.00. The molecule has 0 aliphatic carbocycles. The van der Waals surface area contributed by atoms with Crippen molar-refractivity contribution in [3.05, 3.63) is 77.3 Å². The number of hydrogen-bond donors (Lipinski definition) is 1. The highest BCUT2D eigenvalue weighted by Crippen LogP contribution is 2.42. The number of carbonyl (C=O) groups excluding carboxylic acids is 2. The maximum Gasteiger partial charge on any atom is 0.254 e. The predicted octanol–water partition coefficient (Wildman–Crippen LogP) is 2.30. The second-order valence-electron chi connectivity index (χ2n) is 8.07. The first-order valence-corrected chi connectivity index (χ1v) is 9.91. The lowest BCUT2D eigenvalue weighted by molar-refractivity contribution is -0.133. The van der Waals surface area contributed by atoms with Crippen LogP contribution in [0.25, 0.3) is 0 Å². The van der Waals surface area contributed by atoms with Crippen LogP contribution in [0, 0.1) is 0 Å². The lowest BCUT2D eigenvalue weighted by atomic mass is 9.93. The van der Waals surface area contributed by atoms with Gasteiger partial charge in [0.1, 0.15) is 0 Å². The summed E-state index contributed by atoms with van der Waals surface area (Å²) in [5.41, 5.74) is 2.98. The Morgan fingerprint density at radius 2 is 1.86 bits per heavy atom. The Bertz CT molecular complexity index is 953. The van der Waals surface area contributed by atoms with Gasteiger partial charge in [-0.05, 0) is 37.1 Å². The smallest absolute Gasteiger partial charge is 0.254 e. The molecule has 0 saturated carbocycles. The Morgan fingerprint density at radius 1 is 1.17 bits per heavy atom. The summed E-state index contributed by atoms with van der Waals surface area (Å²) in [4.78, 5) is 34.4. The van der Waals surface area contributed by atoms with E-state index in [0.29, 0.717) is 25.1 Å². The van der Waals surface area contributed by atoms with Crippen LogP contribution in [-0.2, 0) is 16.0 Å². The highest BCUT2D eigenvalue weighted by Gasteiger charge is 2.49. The van der Waals surface area contributed by atoms with Crippen molar-refractivity contribution in [1.82, 2.24) is 20.1 Å². The van der Waals surface area contributed by atoms with Crippen LogP contribution < -0.4 is 5.32 Å². The van der Waals surface area contributed by atoms with Crippen LogP contribution in [0.3, 0.4) is 0 Å². The van der Waals surface area contributed by atoms with Crippen molar-refractivity contribution in [2.24, 2.45) is 0 Å². The van der Waals surface area contributed by atoms with E-state index in [2.05, 4.69) is 10.3 Å².